The summed E-state index contributed by atoms with van der Waals surface area (Å²) in [5.41, 5.74) is 1.78. The fourth-order valence-corrected chi connectivity index (χ4v) is 1.44. The van der Waals surface area contributed by atoms with Crippen molar-refractivity contribution in [1.82, 2.24) is 0 Å². The maximum absolute atomic E-state index is 12.7. The van der Waals surface area contributed by atoms with Crippen molar-refractivity contribution in [2.75, 3.05) is 0 Å². The van der Waals surface area contributed by atoms with Crippen molar-refractivity contribution in [2.24, 2.45) is 0 Å². The zero-order valence-corrected chi connectivity index (χ0v) is 9.43. The third-order valence-corrected chi connectivity index (χ3v) is 2.42. The van der Waals surface area contributed by atoms with Crippen LogP contribution in [0.3, 0.4) is 0 Å². The molecule has 0 aliphatic heterocycles. The Kier molecular flexibility index (Phi) is 3.40. The van der Waals surface area contributed by atoms with Crippen molar-refractivity contribution in [2.45, 2.75) is 13.2 Å². The number of aryl methyl sites for hydroxylation is 1. The molecular weight excluding hydrogens is 219 g/mol. The minimum Gasteiger partial charge on any atom is -0.461 e. The van der Waals surface area contributed by atoms with Crippen molar-refractivity contribution in [3.8, 4) is 5.75 Å². The summed E-state index contributed by atoms with van der Waals surface area (Å²) in [6, 6.07) is 12.9. The van der Waals surface area contributed by atoms with E-state index in [1.165, 1.54) is 24.3 Å². The molecule has 1 unspecified atom stereocenters. The van der Waals surface area contributed by atoms with Crippen molar-refractivity contribution in [1.29, 1.82) is 0 Å². The highest BCUT2D eigenvalue weighted by atomic mass is 19.1. The molecule has 2 aromatic carbocycles. The van der Waals surface area contributed by atoms with Gasteiger partial charge in [0.05, 0.1) is 0 Å². The van der Waals surface area contributed by atoms with Crippen molar-refractivity contribution in [3.05, 3.63) is 65.5 Å². The number of aliphatic hydroxyl groups excluding tert-OH is 1. The summed E-state index contributed by atoms with van der Waals surface area (Å²) >= 11 is 0. The smallest absolute Gasteiger partial charge is 0.224 e. The molecule has 3 heteroatoms. The Morgan fingerprint density at radius 2 is 1.59 bits per heavy atom. The third kappa shape index (κ3) is 3.04. The van der Waals surface area contributed by atoms with Crippen molar-refractivity contribution in [3.63, 3.8) is 0 Å². The number of hydrogen-bond acceptors (Lipinski definition) is 2. The van der Waals surface area contributed by atoms with Crippen LogP contribution in [-0.2, 0) is 0 Å². The third-order valence-electron chi connectivity index (χ3n) is 2.42. The second-order valence-corrected chi connectivity index (χ2v) is 3.83. The first-order valence-electron chi connectivity index (χ1n) is 5.32. The molecule has 0 aliphatic rings. The molecule has 1 N–H and O–H groups in total. The number of ether oxygens (including phenoxy) is 1. The van der Waals surface area contributed by atoms with Gasteiger partial charge in [0.2, 0.25) is 6.29 Å². The summed E-state index contributed by atoms with van der Waals surface area (Å²) in [6.07, 6.45) is -1.04. The predicted octanol–water partition coefficient (Wildman–Crippen LogP) is 3.20. The monoisotopic (exact) mass is 232 g/mol. The molecule has 2 aromatic rings. The molecule has 1 atom stereocenters. The lowest BCUT2D eigenvalue weighted by atomic mass is 10.1. The van der Waals surface area contributed by atoms with E-state index in [4.69, 9.17) is 4.74 Å². The van der Waals surface area contributed by atoms with Crippen LogP contribution in [0.25, 0.3) is 0 Å². The van der Waals surface area contributed by atoms with Crippen LogP contribution in [0.4, 0.5) is 4.39 Å². The normalized spacial score (nSPS) is 12.2. The summed E-state index contributed by atoms with van der Waals surface area (Å²) in [7, 11) is 0. The van der Waals surface area contributed by atoms with E-state index in [-0.39, 0.29) is 5.82 Å². The van der Waals surface area contributed by atoms with Crippen LogP contribution < -0.4 is 4.74 Å². The average Bonchev–Trinajstić information content (AvgIpc) is 2.33. The van der Waals surface area contributed by atoms with E-state index < -0.39 is 6.29 Å². The van der Waals surface area contributed by atoms with Crippen LogP contribution >= 0.6 is 0 Å². The lowest BCUT2D eigenvalue weighted by Crippen LogP contribution is -2.06. The van der Waals surface area contributed by atoms with Crippen LogP contribution in [-0.4, -0.2) is 5.11 Å². The summed E-state index contributed by atoms with van der Waals surface area (Å²) < 4.78 is 18.0. The molecule has 0 saturated heterocycles. The molecule has 0 bridgehead atoms. The van der Waals surface area contributed by atoms with Gasteiger partial charge in [-0.25, -0.2) is 4.39 Å². The van der Waals surface area contributed by atoms with Gasteiger partial charge in [-0.05, 0) is 31.2 Å². The molecule has 0 aromatic heterocycles. The van der Waals surface area contributed by atoms with Crippen LogP contribution in [0, 0.1) is 12.7 Å². The van der Waals surface area contributed by atoms with Crippen molar-refractivity contribution >= 4 is 0 Å². The Hall–Kier alpha value is -1.87. The highest BCUT2D eigenvalue weighted by Crippen LogP contribution is 2.20. The van der Waals surface area contributed by atoms with Crippen LogP contribution in [0.1, 0.15) is 17.4 Å². The molecule has 0 amide bonds. The molecule has 0 fully saturated rings. The van der Waals surface area contributed by atoms with Crippen LogP contribution in [0.2, 0.25) is 0 Å². The van der Waals surface area contributed by atoms with Gasteiger partial charge >= 0.3 is 0 Å². The Morgan fingerprint density at radius 1 is 1.00 bits per heavy atom. The first-order valence-corrected chi connectivity index (χ1v) is 5.32. The van der Waals surface area contributed by atoms with Gasteiger partial charge in [-0.15, -0.1) is 0 Å². The Balaban J connectivity index is 2.08. The lowest BCUT2D eigenvalue weighted by Gasteiger charge is -2.13. The molecule has 0 saturated carbocycles. The van der Waals surface area contributed by atoms with Crippen LogP contribution in [0.15, 0.2) is 48.5 Å². The van der Waals surface area contributed by atoms with Crippen LogP contribution in [0.5, 0.6) is 5.75 Å². The summed E-state index contributed by atoms with van der Waals surface area (Å²) in [4.78, 5) is 0. The van der Waals surface area contributed by atoms with E-state index in [9.17, 15) is 9.50 Å². The minimum atomic E-state index is -1.04. The predicted molar refractivity (Wildman–Crippen MR) is 63.2 cm³/mol. The Bertz CT molecular complexity index is 477. The van der Waals surface area contributed by atoms with E-state index in [1.54, 1.807) is 12.1 Å². The molecule has 2 nitrogen and oxygen atoms in total. The van der Waals surface area contributed by atoms with Gasteiger partial charge in [0.1, 0.15) is 11.6 Å². The number of benzene rings is 2. The van der Waals surface area contributed by atoms with Gasteiger partial charge < -0.3 is 9.84 Å². The van der Waals surface area contributed by atoms with Gasteiger partial charge in [0, 0.05) is 5.56 Å². The zero-order chi connectivity index (χ0) is 12.3. The maximum Gasteiger partial charge on any atom is 0.224 e. The van der Waals surface area contributed by atoms with Gasteiger partial charge in [-0.2, -0.15) is 0 Å². The van der Waals surface area contributed by atoms with E-state index in [2.05, 4.69) is 0 Å². The molecule has 17 heavy (non-hydrogen) atoms. The molecule has 0 spiro atoms. The second-order valence-electron chi connectivity index (χ2n) is 3.83. The quantitative estimate of drug-likeness (QED) is 0.823. The number of aliphatic hydroxyl groups is 1. The van der Waals surface area contributed by atoms with Gasteiger partial charge in [0.15, 0.2) is 0 Å². The minimum absolute atomic E-state index is 0.331. The largest absolute Gasteiger partial charge is 0.461 e. The fraction of sp³-hybridized carbons (Fsp3) is 0.143. The number of halogens is 1. The van der Waals surface area contributed by atoms with Gasteiger partial charge in [0.25, 0.3) is 0 Å². The average molecular weight is 232 g/mol. The van der Waals surface area contributed by atoms with E-state index in [0.29, 0.717) is 11.3 Å². The first kappa shape index (κ1) is 11.6. The topological polar surface area (TPSA) is 29.5 Å². The second kappa shape index (κ2) is 4.97. The number of rotatable bonds is 3. The Labute approximate surface area is 99.3 Å². The first-order chi connectivity index (χ1) is 8.15. The van der Waals surface area contributed by atoms with Gasteiger partial charge in [-0.1, -0.05) is 29.8 Å². The maximum atomic E-state index is 12.7. The number of hydrogen-bond donors (Lipinski definition) is 1. The standard InChI is InChI=1S/C14H13FO2/c1-10-2-4-11(5-3-10)14(16)17-13-8-6-12(15)7-9-13/h2-9,14,16H,1H3. The molecule has 0 radical (unpaired) electrons. The summed E-state index contributed by atoms with van der Waals surface area (Å²) in [6.45, 7) is 1.97. The summed E-state index contributed by atoms with van der Waals surface area (Å²) in [5, 5.41) is 9.82. The molecule has 2 rings (SSSR count). The highest BCUT2D eigenvalue weighted by Gasteiger charge is 2.08. The molecule has 0 aliphatic carbocycles. The van der Waals surface area contributed by atoms with E-state index in [1.807, 2.05) is 19.1 Å². The van der Waals surface area contributed by atoms with Crippen molar-refractivity contribution < 1.29 is 14.2 Å². The highest BCUT2D eigenvalue weighted by molar-refractivity contribution is 5.25. The molecular formula is C14H13FO2. The zero-order valence-electron chi connectivity index (χ0n) is 9.43. The molecule has 0 heterocycles. The SMILES string of the molecule is Cc1ccc(C(O)Oc2ccc(F)cc2)cc1. The van der Waals surface area contributed by atoms with E-state index >= 15 is 0 Å². The molecule has 88 valence electrons. The Morgan fingerprint density at radius 3 is 2.18 bits per heavy atom. The van der Waals surface area contributed by atoms with Gasteiger partial charge in [-0.3, -0.25) is 0 Å². The van der Waals surface area contributed by atoms with E-state index in [0.717, 1.165) is 5.56 Å². The lowest BCUT2D eigenvalue weighted by molar-refractivity contribution is -0.0194. The summed E-state index contributed by atoms with van der Waals surface area (Å²) in [5.74, 6) is 0.0988. The fourth-order valence-electron chi connectivity index (χ4n) is 1.44.